The Morgan fingerprint density at radius 3 is 2.59 bits per heavy atom. The van der Waals surface area contributed by atoms with Crippen LogP contribution in [0.1, 0.15) is 11.1 Å². The van der Waals surface area contributed by atoms with Crippen LogP contribution in [0.2, 0.25) is 0 Å². The fourth-order valence-electron chi connectivity index (χ4n) is 1.99. The monoisotopic (exact) mass is 339 g/mol. The Labute approximate surface area is 134 Å². The van der Waals surface area contributed by atoms with Gasteiger partial charge in [0.2, 0.25) is 0 Å². The van der Waals surface area contributed by atoms with E-state index in [0.29, 0.717) is 5.69 Å². The van der Waals surface area contributed by atoms with Gasteiger partial charge in [-0.2, -0.15) is 0 Å². The molecule has 5 nitrogen and oxygen atoms in total. The summed E-state index contributed by atoms with van der Waals surface area (Å²) in [4.78, 5) is 11.7. The minimum absolute atomic E-state index is 0.192. The predicted octanol–water partition coefficient (Wildman–Crippen LogP) is 2.73. The maximum atomic E-state index is 12.8. The highest BCUT2D eigenvalue weighted by atomic mass is 32.2. The second-order valence-electron chi connectivity index (χ2n) is 4.81. The number of anilines is 1. The number of hydrogen-bond acceptors (Lipinski definition) is 5. The van der Waals surface area contributed by atoms with Gasteiger partial charge in [0.1, 0.15) is 10.8 Å². The van der Waals surface area contributed by atoms with Gasteiger partial charge in [-0.1, -0.05) is 18.2 Å². The number of rotatable bonds is 5. The van der Waals surface area contributed by atoms with E-state index in [1.807, 2.05) is 26.0 Å². The van der Waals surface area contributed by atoms with Crippen LogP contribution in [0.3, 0.4) is 0 Å². The fourth-order valence-corrected chi connectivity index (χ4v) is 4.56. The second-order valence-corrected chi connectivity index (χ2v) is 7.85. The van der Waals surface area contributed by atoms with Crippen LogP contribution in [-0.2, 0) is 19.6 Å². The van der Waals surface area contributed by atoms with Gasteiger partial charge in [-0.05, 0) is 42.5 Å². The van der Waals surface area contributed by atoms with Crippen LogP contribution in [0, 0.1) is 13.8 Å². The number of benzene rings is 1. The van der Waals surface area contributed by atoms with E-state index in [0.717, 1.165) is 26.8 Å². The van der Waals surface area contributed by atoms with Gasteiger partial charge in [0.25, 0.3) is 10.0 Å². The van der Waals surface area contributed by atoms with Crippen molar-refractivity contribution < 1.29 is 17.9 Å². The summed E-state index contributed by atoms with van der Waals surface area (Å²) in [6, 6.07) is 8.67. The van der Waals surface area contributed by atoms with Gasteiger partial charge < -0.3 is 4.74 Å². The number of ether oxygens (including phenoxy) is 1. The lowest BCUT2D eigenvalue weighted by Crippen LogP contribution is -2.36. The first-order valence-electron chi connectivity index (χ1n) is 6.56. The molecule has 0 unspecified atom stereocenters. The largest absolute Gasteiger partial charge is 0.468 e. The zero-order valence-corrected chi connectivity index (χ0v) is 14.2. The molecule has 0 spiro atoms. The lowest BCUT2D eigenvalue weighted by atomic mass is 10.1. The Bertz CT molecular complexity index is 767. The summed E-state index contributed by atoms with van der Waals surface area (Å²) in [5.74, 6) is -0.610. The normalized spacial score (nSPS) is 11.2. The minimum Gasteiger partial charge on any atom is -0.468 e. The molecule has 0 aliphatic carbocycles. The summed E-state index contributed by atoms with van der Waals surface area (Å²) in [6.07, 6.45) is 0. The molecule has 118 valence electrons. The molecule has 0 N–H and O–H groups in total. The standard InChI is InChI=1S/C15H17NO4S2/c1-11-6-7-12(2)13(9-11)16(10-14(17)20-3)22(18,19)15-5-4-8-21-15/h4-9H,10H2,1-3H3. The molecule has 0 saturated carbocycles. The van der Waals surface area contributed by atoms with Crippen molar-refractivity contribution >= 4 is 33.0 Å². The average Bonchev–Trinajstić information content (AvgIpc) is 3.02. The topological polar surface area (TPSA) is 63.7 Å². The van der Waals surface area contributed by atoms with Gasteiger partial charge in [0, 0.05) is 0 Å². The van der Waals surface area contributed by atoms with Crippen LogP contribution >= 0.6 is 11.3 Å². The molecule has 1 aromatic carbocycles. The van der Waals surface area contributed by atoms with E-state index in [4.69, 9.17) is 0 Å². The Hall–Kier alpha value is -1.86. The molecule has 1 aromatic heterocycles. The average molecular weight is 339 g/mol. The fraction of sp³-hybridized carbons (Fsp3) is 0.267. The third-order valence-corrected chi connectivity index (χ3v) is 6.31. The van der Waals surface area contributed by atoms with E-state index in [2.05, 4.69) is 4.74 Å². The molecule has 0 radical (unpaired) electrons. The molecule has 0 fully saturated rings. The second kappa shape index (κ2) is 6.50. The zero-order valence-electron chi connectivity index (χ0n) is 12.6. The molecule has 0 saturated heterocycles. The van der Waals surface area contributed by atoms with Gasteiger partial charge in [0.05, 0.1) is 12.8 Å². The summed E-state index contributed by atoms with van der Waals surface area (Å²) in [5, 5.41) is 1.69. The van der Waals surface area contributed by atoms with E-state index in [1.165, 1.54) is 13.2 Å². The van der Waals surface area contributed by atoms with E-state index in [1.54, 1.807) is 17.5 Å². The maximum absolute atomic E-state index is 12.8. The Morgan fingerprint density at radius 2 is 2.00 bits per heavy atom. The molecule has 0 aliphatic heterocycles. The van der Waals surface area contributed by atoms with Crippen molar-refractivity contribution in [3.63, 3.8) is 0 Å². The highest BCUT2D eigenvalue weighted by Gasteiger charge is 2.29. The maximum Gasteiger partial charge on any atom is 0.326 e. The quantitative estimate of drug-likeness (QED) is 0.786. The number of esters is 1. The van der Waals surface area contributed by atoms with Crippen molar-refractivity contribution in [2.75, 3.05) is 18.0 Å². The van der Waals surface area contributed by atoms with Gasteiger partial charge in [-0.15, -0.1) is 11.3 Å². The van der Waals surface area contributed by atoms with Crippen molar-refractivity contribution in [2.45, 2.75) is 18.1 Å². The summed E-state index contributed by atoms with van der Waals surface area (Å²) in [6.45, 7) is 3.32. The van der Waals surface area contributed by atoms with E-state index >= 15 is 0 Å². The van der Waals surface area contributed by atoms with E-state index in [9.17, 15) is 13.2 Å². The number of methoxy groups -OCH3 is 1. The lowest BCUT2D eigenvalue weighted by molar-refractivity contribution is -0.138. The van der Waals surface area contributed by atoms with Crippen LogP contribution in [0.4, 0.5) is 5.69 Å². The summed E-state index contributed by atoms with van der Waals surface area (Å²) >= 11 is 1.12. The first-order valence-corrected chi connectivity index (χ1v) is 8.88. The molecule has 2 rings (SSSR count). The van der Waals surface area contributed by atoms with Gasteiger partial charge in [-0.25, -0.2) is 8.42 Å². The number of carbonyl (C=O) groups is 1. The molecule has 0 amide bonds. The minimum atomic E-state index is -3.80. The predicted molar refractivity (Wildman–Crippen MR) is 86.8 cm³/mol. The molecular weight excluding hydrogens is 322 g/mol. The molecule has 0 aliphatic rings. The van der Waals surface area contributed by atoms with Crippen molar-refractivity contribution in [1.29, 1.82) is 0 Å². The molecular formula is C15H17NO4S2. The van der Waals surface area contributed by atoms with Crippen molar-refractivity contribution in [3.05, 3.63) is 46.8 Å². The Morgan fingerprint density at radius 1 is 1.27 bits per heavy atom. The van der Waals surface area contributed by atoms with Crippen molar-refractivity contribution in [2.24, 2.45) is 0 Å². The van der Waals surface area contributed by atoms with Crippen LogP contribution < -0.4 is 4.31 Å². The summed E-state index contributed by atoms with van der Waals surface area (Å²) in [7, 11) is -2.57. The van der Waals surface area contributed by atoms with Crippen molar-refractivity contribution in [1.82, 2.24) is 0 Å². The number of sulfonamides is 1. The van der Waals surface area contributed by atoms with Crippen LogP contribution in [0.15, 0.2) is 39.9 Å². The Balaban J connectivity index is 2.57. The highest BCUT2D eigenvalue weighted by molar-refractivity contribution is 7.94. The lowest BCUT2D eigenvalue weighted by Gasteiger charge is -2.24. The van der Waals surface area contributed by atoms with Gasteiger partial charge in [-0.3, -0.25) is 9.10 Å². The summed E-state index contributed by atoms with van der Waals surface area (Å²) in [5.41, 5.74) is 2.17. The van der Waals surface area contributed by atoms with E-state index in [-0.39, 0.29) is 10.8 Å². The SMILES string of the molecule is COC(=O)CN(c1cc(C)ccc1C)S(=O)(=O)c1cccs1. The number of aryl methyl sites for hydroxylation is 2. The number of thiophene rings is 1. The van der Waals surface area contributed by atoms with E-state index < -0.39 is 16.0 Å². The number of carbonyl (C=O) groups excluding carboxylic acids is 1. The Kier molecular flexibility index (Phi) is 4.87. The smallest absolute Gasteiger partial charge is 0.326 e. The zero-order chi connectivity index (χ0) is 16.3. The first kappa shape index (κ1) is 16.5. The molecule has 2 aromatic rings. The van der Waals surface area contributed by atoms with Crippen molar-refractivity contribution in [3.8, 4) is 0 Å². The number of nitrogens with zero attached hydrogens (tertiary/aromatic N) is 1. The number of hydrogen-bond donors (Lipinski definition) is 0. The van der Waals surface area contributed by atoms with Crippen LogP contribution in [-0.4, -0.2) is 28.0 Å². The first-order chi connectivity index (χ1) is 10.4. The molecule has 0 bridgehead atoms. The molecule has 7 heteroatoms. The van der Waals surface area contributed by atoms with Crippen LogP contribution in [0.5, 0.6) is 0 Å². The molecule has 0 atom stereocenters. The highest BCUT2D eigenvalue weighted by Crippen LogP contribution is 2.29. The van der Waals surface area contributed by atoms with Gasteiger partial charge in [0.15, 0.2) is 0 Å². The molecule has 1 heterocycles. The third kappa shape index (κ3) is 3.31. The van der Waals surface area contributed by atoms with Crippen LogP contribution in [0.25, 0.3) is 0 Å². The van der Waals surface area contributed by atoms with Gasteiger partial charge >= 0.3 is 5.97 Å². The molecule has 22 heavy (non-hydrogen) atoms. The third-order valence-electron chi connectivity index (χ3n) is 3.17. The summed E-state index contributed by atoms with van der Waals surface area (Å²) < 4.78 is 31.6.